The molecule has 0 N–H and O–H groups in total. The maximum absolute atomic E-state index is 5.43. The van der Waals surface area contributed by atoms with Crippen molar-refractivity contribution >= 4 is 29.9 Å². The van der Waals surface area contributed by atoms with Crippen LogP contribution < -0.4 is 5.19 Å². The first-order valence-electron chi connectivity index (χ1n) is 5.53. The average molecular weight is 319 g/mol. The predicted octanol–water partition coefficient (Wildman–Crippen LogP) is 2.10. The third kappa shape index (κ3) is 3.63. The van der Waals surface area contributed by atoms with Crippen LogP contribution in [0.15, 0.2) is 24.3 Å². The molecule has 0 aromatic heterocycles. The van der Waals surface area contributed by atoms with Crippen molar-refractivity contribution in [3.05, 3.63) is 29.8 Å². The standard InChI is InChI=1S/C12H19BrO3Si/c1-14-17(15-2,16-3)12-8-6-11(7-9-12)5-4-10-13/h6-9H,4-5,10H2,1-3H3. The molecule has 0 fully saturated rings. The van der Waals surface area contributed by atoms with Gasteiger partial charge in [0.2, 0.25) is 0 Å². The van der Waals surface area contributed by atoms with Gasteiger partial charge in [-0.15, -0.1) is 0 Å². The van der Waals surface area contributed by atoms with E-state index in [-0.39, 0.29) is 0 Å². The van der Waals surface area contributed by atoms with Crippen LogP contribution in [0.4, 0.5) is 0 Å². The highest BCUT2D eigenvalue weighted by Crippen LogP contribution is 2.09. The fraction of sp³-hybridized carbons (Fsp3) is 0.500. The van der Waals surface area contributed by atoms with Gasteiger partial charge in [0, 0.05) is 31.8 Å². The van der Waals surface area contributed by atoms with Gasteiger partial charge in [0.1, 0.15) is 0 Å². The first-order chi connectivity index (χ1) is 8.22. The van der Waals surface area contributed by atoms with E-state index < -0.39 is 8.80 Å². The van der Waals surface area contributed by atoms with E-state index in [9.17, 15) is 0 Å². The van der Waals surface area contributed by atoms with Crippen LogP contribution in [0, 0.1) is 0 Å². The zero-order valence-electron chi connectivity index (χ0n) is 10.5. The molecule has 1 aromatic rings. The molecular weight excluding hydrogens is 300 g/mol. The number of alkyl halides is 1. The summed E-state index contributed by atoms with van der Waals surface area (Å²) in [5.41, 5.74) is 1.32. The second-order valence-electron chi connectivity index (χ2n) is 3.66. The van der Waals surface area contributed by atoms with E-state index in [4.69, 9.17) is 13.3 Å². The number of aryl methyl sites for hydroxylation is 1. The molecule has 96 valence electrons. The summed E-state index contributed by atoms with van der Waals surface area (Å²) in [6, 6.07) is 8.28. The summed E-state index contributed by atoms with van der Waals surface area (Å²) in [4.78, 5) is 0. The lowest BCUT2D eigenvalue weighted by Gasteiger charge is -2.24. The summed E-state index contributed by atoms with van der Waals surface area (Å²) in [5.74, 6) is 0. The molecule has 5 heteroatoms. The van der Waals surface area contributed by atoms with Crippen molar-refractivity contribution in [1.82, 2.24) is 0 Å². The predicted molar refractivity (Wildman–Crippen MR) is 75.0 cm³/mol. The van der Waals surface area contributed by atoms with Gasteiger partial charge < -0.3 is 13.3 Å². The second-order valence-corrected chi connectivity index (χ2v) is 7.37. The molecule has 0 aliphatic rings. The molecular formula is C12H19BrO3Si. The molecule has 0 spiro atoms. The molecule has 0 aliphatic carbocycles. The van der Waals surface area contributed by atoms with Crippen molar-refractivity contribution in [3.63, 3.8) is 0 Å². The molecule has 0 heterocycles. The van der Waals surface area contributed by atoms with E-state index in [2.05, 4.69) is 28.1 Å². The fourth-order valence-corrected chi connectivity index (χ4v) is 3.81. The van der Waals surface area contributed by atoms with Crippen molar-refractivity contribution in [1.29, 1.82) is 0 Å². The molecule has 0 amide bonds. The zero-order chi connectivity index (χ0) is 12.7. The van der Waals surface area contributed by atoms with Crippen LogP contribution in [0.2, 0.25) is 0 Å². The monoisotopic (exact) mass is 318 g/mol. The Hall–Kier alpha value is -0.203. The maximum atomic E-state index is 5.43. The lowest BCUT2D eigenvalue weighted by molar-refractivity contribution is 0.140. The molecule has 17 heavy (non-hydrogen) atoms. The Balaban J connectivity index is 2.84. The van der Waals surface area contributed by atoms with E-state index >= 15 is 0 Å². The van der Waals surface area contributed by atoms with Gasteiger partial charge in [-0.25, -0.2) is 0 Å². The van der Waals surface area contributed by atoms with Crippen LogP contribution in [0.25, 0.3) is 0 Å². The Labute approximate surface area is 113 Å². The van der Waals surface area contributed by atoms with Crippen molar-refractivity contribution in [2.24, 2.45) is 0 Å². The lowest BCUT2D eigenvalue weighted by atomic mass is 10.1. The summed E-state index contributed by atoms with van der Waals surface area (Å²) in [5, 5.41) is 2.02. The number of benzene rings is 1. The summed E-state index contributed by atoms with van der Waals surface area (Å²) in [6.45, 7) is 0. The molecule has 3 nitrogen and oxygen atoms in total. The molecule has 0 radical (unpaired) electrons. The Morgan fingerprint density at radius 2 is 1.53 bits per heavy atom. The van der Waals surface area contributed by atoms with Crippen LogP contribution in [0.5, 0.6) is 0 Å². The Kier molecular flexibility index (Phi) is 6.36. The number of halogens is 1. The maximum Gasteiger partial charge on any atom is 0.536 e. The smallest absolute Gasteiger partial charge is 0.373 e. The van der Waals surface area contributed by atoms with Crippen molar-refractivity contribution in [2.45, 2.75) is 12.8 Å². The Bertz CT molecular complexity index is 317. The number of hydrogen-bond acceptors (Lipinski definition) is 3. The summed E-state index contributed by atoms with van der Waals surface area (Å²) in [6.07, 6.45) is 2.22. The largest absolute Gasteiger partial charge is 0.536 e. The second kappa shape index (κ2) is 7.28. The Morgan fingerprint density at radius 1 is 1.00 bits per heavy atom. The third-order valence-electron chi connectivity index (χ3n) is 2.71. The number of hydrogen-bond donors (Lipinski definition) is 0. The van der Waals surface area contributed by atoms with Gasteiger partial charge in [-0.05, 0) is 18.4 Å². The minimum absolute atomic E-state index is 0.993. The van der Waals surface area contributed by atoms with E-state index in [0.717, 1.165) is 23.4 Å². The van der Waals surface area contributed by atoms with Crippen LogP contribution in [0.1, 0.15) is 12.0 Å². The third-order valence-corrected chi connectivity index (χ3v) is 5.93. The Morgan fingerprint density at radius 3 is 1.94 bits per heavy atom. The normalized spacial score (nSPS) is 11.8. The minimum atomic E-state index is -2.66. The van der Waals surface area contributed by atoms with Gasteiger partial charge in [0.05, 0.1) is 0 Å². The topological polar surface area (TPSA) is 27.7 Å². The highest BCUT2D eigenvalue weighted by molar-refractivity contribution is 9.09. The van der Waals surface area contributed by atoms with Gasteiger partial charge in [0.25, 0.3) is 0 Å². The minimum Gasteiger partial charge on any atom is -0.373 e. The quantitative estimate of drug-likeness (QED) is 0.569. The first kappa shape index (κ1) is 14.9. The molecule has 0 saturated heterocycles. The fourth-order valence-electron chi connectivity index (χ4n) is 1.75. The van der Waals surface area contributed by atoms with Gasteiger partial charge in [0.15, 0.2) is 0 Å². The highest BCUT2D eigenvalue weighted by Gasteiger charge is 2.40. The first-order valence-corrected chi connectivity index (χ1v) is 8.38. The summed E-state index contributed by atoms with van der Waals surface area (Å²) >= 11 is 3.43. The van der Waals surface area contributed by atoms with Crippen LogP contribution >= 0.6 is 15.9 Å². The molecule has 0 saturated carbocycles. The van der Waals surface area contributed by atoms with Gasteiger partial charge in [-0.3, -0.25) is 0 Å². The van der Waals surface area contributed by atoms with E-state index in [1.807, 2.05) is 12.1 Å². The van der Waals surface area contributed by atoms with Crippen LogP contribution in [-0.4, -0.2) is 35.5 Å². The molecule has 0 aliphatic heterocycles. The van der Waals surface area contributed by atoms with Gasteiger partial charge in [-0.2, -0.15) is 0 Å². The molecule has 0 atom stereocenters. The molecule has 0 bridgehead atoms. The highest BCUT2D eigenvalue weighted by atomic mass is 79.9. The van der Waals surface area contributed by atoms with Crippen LogP contribution in [-0.2, 0) is 19.7 Å². The average Bonchev–Trinajstić information content (AvgIpc) is 2.40. The SMILES string of the molecule is CO[Si](OC)(OC)c1ccc(CCCBr)cc1. The van der Waals surface area contributed by atoms with Gasteiger partial charge >= 0.3 is 8.80 Å². The van der Waals surface area contributed by atoms with E-state index in [0.29, 0.717) is 0 Å². The van der Waals surface area contributed by atoms with Gasteiger partial charge in [-0.1, -0.05) is 40.2 Å². The van der Waals surface area contributed by atoms with Crippen molar-refractivity contribution in [2.75, 3.05) is 26.7 Å². The van der Waals surface area contributed by atoms with Crippen LogP contribution in [0.3, 0.4) is 0 Å². The summed E-state index contributed by atoms with van der Waals surface area (Å²) < 4.78 is 16.3. The lowest BCUT2D eigenvalue weighted by Crippen LogP contribution is -2.54. The number of rotatable bonds is 7. The molecule has 1 aromatic carbocycles. The van der Waals surface area contributed by atoms with Crippen molar-refractivity contribution < 1.29 is 13.3 Å². The summed E-state index contributed by atoms with van der Waals surface area (Å²) in [7, 11) is 2.21. The van der Waals surface area contributed by atoms with Crippen molar-refractivity contribution in [3.8, 4) is 0 Å². The molecule has 0 unspecified atom stereocenters. The molecule has 1 rings (SSSR count). The zero-order valence-corrected chi connectivity index (χ0v) is 13.1. The van der Waals surface area contributed by atoms with E-state index in [1.165, 1.54) is 5.56 Å². The van der Waals surface area contributed by atoms with E-state index in [1.54, 1.807) is 21.3 Å².